The van der Waals surface area contributed by atoms with Crippen molar-refractivity contribution < 1.29 is 23.7 Å². The molecule has 0 saturated carbocycles. The molecule has 9 nitrogen and oxygen atoms in total. The molecule has 4 rings (SSSR count). The minimum atomic E-state index is -0.247. The van der Waals surface area contributed by atoms with E-state index < -0.39 is 0 Å². The second-order valence-electron chi connectivity index (χ2n) is 9.19. The molecule has 0 radical (unpaired) electrons. The minimum Gasteiger partial charge on any atom is -0.493 e. The number of nitrogens with zero attached hydrogens (tertiary/aromatic N) is 2. The average Bonchev–Trinajstić information content (AvgIpc) is 2.97. The quantitative estimate of drug-likeness (QED) is 0.343. The van der Waals surface area contributed by atoms with Crippen LogP contribution in [0.25, 0.3) is 11.1 Å². The number of carbonyl (C=O) groups is 1. The average molecular weight is 575 g/mol. The van der Waals surface area contributed by atoms with Crippen LogP contribution in [0.4, 0.5) is 0 Å². The van der Waals surface area contributed by atoms with Crippen molar-refractivity contribution in [1.82, 2.24) is 20.6 Å². The smallest absolute Gasteiger partial charge is 0.316 e. The first-order valence-corrected chi connectivity index (χ1v) is 13.4. The maximum atomic E-state index is 12.9. The molecular formula is C28H32Cl2N4O5. The van der Waals surface area contributed by atoms with Gasteiger partial charge in [-0.05, 0) is 73.7 Å². The number of hydrogen-bond donors (Lipinski definition) is 2. The summed E-state index contributed by atoms with van der Waals surface area (Å²) < 4.78 is 21.8. The van der Waals surface area contributed by atoms with E-state index in [-0.39, 0.29) is 30.5 Å². The number of nitrogens with one attached hydrogen (secondary N) is 2. The van der Waals surface area contributed by atoms with Gasteiger partial charge < -0.3 is 29.6 Å². The van der Waals surface area contributed by atoms with Crippen molar-refractivity contribution in [1.29, 1.82) is 0 Å². The molecule has 0 bridgehead atoms. The third-order valence-electron chi connectivity index (χ3n) is 6.65. The monoisotopic (exact) mass is 574 g/mol. The van der Waals surface area contributed by atoms with Crippen molar-refractivity contribution in [3.8, 4) is 34.4 Å². The highest BCUT2D eigenvalue weighted by atomic mass is 35.5. The zero-order chi connectivity index (χ0) is 27.8. The van der Waals surface area contributed by atoms with Gasteiger partial charge in [0.15, 0.2) is 18.1 Å². The number of aromatic nitrogens is 2. The molecule has 1 aliphatic rings. The van der Waals surface area contributed by atoms with Gasteiger partial charge >= 0.3 is 6.01 Å². The molecule has 0 aliphatic carbocycles. The predicted octanol–water partition coefficient (Wildman–Crippen LogP) is 4.58. The number of hydrogen-bond acceptors (Lipinski definition) is 8. The molecule has 0 spiro atoms. The SMILES string of the molecule is COc1cc(-c2cnc(OCC(=O)NC(Cc3ccc(Cl)c(Cl)c3)C3CCCNC3)nc2)cc(OC)c1OC. The fraction of sp³-hybridized carbons (Fsp3) is 0.393. The molecular weight excluding hydrogens is 543 g/mol. The molecule has 1 aromatic heterocycles. The first-order valence-electron chi connectivity index (χ1n) is 12.6. The molecule has 1 amide bonds. The van der Waals surface area contributed by atoms with Crippen LogP contribution < -0.4 is 29.6 Å². The van der Waals surface area contributed by atoms with Gasteiger partial charge in [0.2, 0.25) is 5.75 Å². The number of methoxy groups -OCH3 is 3. The zero-order valence-corrected chi connectivity index (χ0v) is 23.6. The summed E-state index contributed by atoms with van der Waals surface area (Å²) >= 11 is 12.3. The second-order valence-corrected chi connectivity index (χ2v) is 10.0. The molecule has 11 heteroatoms. The van der Waals surface area contributed by atoms with Crippen LogP contribution in [0.15, 0.2) is 42.7 Å². The molecule has 2 unspecified atom stereocenters. The summed E-state index contributed by atoms with van der Waals surface area (Å²) in [5.74, 6) is 1.58. The van der Waals surface area contributed by atoms with Crippen molar-refractivity contribution in [2.45, 2.75) is 25.3 Å². The maximum Gasteiger partial charge on any atom is 0.316 e. The lowest BCUT2D eigenvalue weighted by Crippen LogP contribution is -2.48. The Bertz CT molecular complexity index is 1240. The lowest BCUT2D eigenvalue weighted by atomic mass is 9.87. The number of benzene rings is 2. The molecule has 1 saturated heterocycles. The molecule has 3 aromatic rings. The van der Waals surface area contributed by atoms with Crippen molar-refractivity contribution in [3.05, 3.63) is 58.3 Å². The molecule has 2 N–H and O–H groups in total. The highest BCUT2D eigenvalue weighted by Crippen LogP contribution is 2.41. The van der Waals surface area contributed by atoms with E-state index in [1.54, 1.807) is 39.8 Å². The maximum absolute atomic E-state index is 12.9. The highest BCUT2D eigenvalue weighted by Gasteiger charge is 2.26. The van der Waals surface area contributed by atoms with Crippen LogP contribution in [-0.2, 0) is 11.2 Å². The molecule has 2 heterocycles. The van der Waals surface area contributed by atoms with Gasteiger partial charge in [-0.2, -0.15) is 0 Å². The lowest BCUT2D eigenvalue weighted by Gasteiger charge is -2.31. The van der Waals surface area contributed by atoms with E-state index in [0.717, 1.165) is 42.6 Å². The van der Waals surface area contributed by atoms with Gasteiger partial charge in [0, 0.05) is 24.0 Å². The van der Waals surface area contributed by atoms with Crippen LogP contribution >= 0.6 is 23.2 Å². The van der Waals surface area contributed by atoms with Crippen molar-refractivity contribution in [2.75, 3.05) is 41.0 Å². The third-order valence-corrected chi connectivity index (χ3v) is 7.39. The minimum absolute atomic E-state index is 0.0885. The van der Waals surface area contributed by atoms with E-state index in [1.165, 1.54) is 0 Å². The number of amides is 1. The first kappa shape index (κ1) is 28.7. The van der Waals surface area contributed by atoms with Crippen LogP contribution in [0.5, 0.6) is 23.3 Å². The molecule has 2 atom stereocenters. The lowest BCUT2D eigenvalue weighted by molar-refractivity contribution is -0.124. The van der Waals surface area contributed by atoms with Crippen molar-refractivity contribution in [2.24, 2.45) is 5.92 Å². The Morgan fingerprint density at radius 3 is 2.33 bits per heavy atom. The van der Waals surface area contributed by atoms with Gasteiger partial charge in [0.05, 0.1) is 31.4 Å². The Balaban J connectivity index is 1.40. The van der Waals surface area contributed by atoms with Crippen LogP contribution in [0.1, 0.15) is 18.4 Å². The van der Waals surface area contributed by atoms with Gasteiger partial charge in [0.25, 0.3) is 5.91 Å². The normalized spacial score (nSPS) is 15.8. The molecule has 2 aromatic carbocycles. The summed E-state index contributed by atoms with van der Waals surface area (Å²) in [5.41, 5.74) is 2.50. The van der Waals surface area contributed by atoms with Crippen molar-refractivity contribution in [3.63, 3.8) is 0 Å². The Morgan fingerprint density at radius 1 is 1.03 bits per heavy atom. The van der Waals surface area contributed by atoms with Gasteiger partial charge in [-0.25, -0.2) is 9.97 Å². The second kappa shape index (κ2) is 13.7. The van der Waals surface area contributed by atoms with Gasteiger partial charge in [-0.3, -0.25) is 4.79 Å². The Labute approximate surface area is 238 Å². The zero-order valence-electron chi connectivity index (χ0n) is 22.1. The third kappa shape index (κ3) is 7.44. The Morgan fingerprint density at radius 2 is 1.74 bits per heavy atom. The van der Waals surface area contributed by atoms with E-state index in [9.17, 15) is 4.79 Å². The summed E-state index contributed by atoms with van der Waals surface area (Å²) in [4.78, 5) is 21.4. The fourth-order valence-electron chi connectivity index (χ4n) is 4.64. The van der Waals surface area contributed by atoms with Crippen LogP contribution in [0.3, 0.4) is 0 Å². The van der Waals surface area contributed by atoms with E-state index >= 15 is 0 Å². The number of halogens is 2. The molecule has 208 valence electrons. The van der Waals surface area contributed by atoms with Crippen LogP contribution in [0.2, 0.25) is 10.0 Å². The number of piperidine rings is 1. The van der Waals surface area contributed by atoms with Crippen LogP contribution in [0, 0.1) is 5.92 Å². The Hall–Kier alpha value is -3.27. The van der Waals surface area contributed by atoms with E-state index in [2.05, 4.69) is 20.6 Å². The van der Waals surface area contributed by atoms with E-state index in [0.29, 0.717) is 33.7 Å². The highest BCUT2D eigenvalue weighted by molar-refractivity contribution is 6.42. The van der Waals surface area contributed by atoms with Gasteiger partial charge in [-0.15, -0.1) is 0 Å². The topological polar surface area (TPSA) is 104 Å². The summed E-state index contributed by atoms with van der Waals surface area (Å²) in [6, 6.07) is 9.18. The number of ether oxygens (including phenoxy) is 4. The van der Waals surface area contributed by atoms with Gasteiger partial charge in [0.1, 0.15) is 0 Å². The van der Waals surface area contributed by atoms with E-state index in [4.69, 9.17) is 42.1 Å². The van der Waals surface area contributed by atoms with Crippen molar-refractivity contribution >= 4 is 29.1 Å². The predicted molar refractivity (Wildman–Crippen MR) is 150 cm³/mol. The molecule has 1 fully saturated rings. The largest absolute Gasteiger partial charge is 0.493 e. The molecule has 1 aliphatic heterocycles. The Kier molecular flexibility index (Phi) is 10.1. The summed E-state index contributed by atoms with van der Waals surface area (Å²) in [6.07, 6.45) is 5.94. The van der Waals surface area contributed by atoms with E-state index in [1.807, 2.05) is 24.3 Å². The van der Waals surface area contributed by atoms with Crippen LogP contribution in [-0.4, -0.2) is 62.9 Å². The number of carbonyl (C=O) groups excluding carboxylic acids is 1. The summed E-state index contributed by atoms with van der Waals surface area (Å²) in [6.45, 7) is 1.61. The fourth-order valence-corrected chi connectivity index (χ4v) is 4.97. The summed E-state index contributed by atoms with van der Waals surface area (Å²) in [7, 11) is 4.66. The van der Waals surface area contributed by atoms with Gasteiger partial charge in [-0.1, -0.05) is 29.3 Å². The first-order chi connectivity index (χ1) is 18.9. The standard InChI is InChI=1S/C28H32Cl2N4O5/c1-36-24-11-19(12-25(37-2)27(24)38-3)20-14-32-28(33-15-20)39-16-26(35)34-23(18-5-4-8-31-13-18)10-17-6-7-21(29)22(30)9-17/h6-7,9,11-12,14-15,18,23,31H,4-5,8,10,13,16H2,1-3H3,(H,34,35). The number of rotatable bonds is 11. The molecule has 39 heavy (non-hydrogen) atoms. The summed E-state index contributed by atoms with van der Waals surface area (Å²) in [5, 5.41) is 7.56.